The highest BCUT2D eigenvalue weighted by Crippen LogP contribution is 2.24. The molecule has 0 aromatic carbocycles. The van der Waals surface area contributed by atoms with Crippen LogP contribution >= 0.6 is 0 Å². The fraction of sp³-hybridized carbons (Fsp3) is 0.960. The number of rotatable bonds is 8. The Morgan fingerprint density at radius 3 is 2.11 bits per heavy atom. The highest BCUT2D eigenvalue weighted by atomic mass is 16.6. The summed E-state index contributed by atoms with van der Waals surface area (Å²) in [7, 11) is 0. The summed E-state index contributed by atoms with van der Waals surface area (Å²) in [5.74, 6) is 0.917. The van der Waals surface area contributed by atoms with Gasteiger partial charge in [-0.3, -0.25) is 0 Å². The number of nitrogens with zero attached hydrogens (tertiary/aromatic N) is 1. The minimum Gasteiger partial charge on any atom is -0.450 e. The summed E-state index contributed by atoms with van der Waals surface area (Å²) in [6.45, 7) is 7.91. The van der Waals surface area contributed by atoms with Gasteiger partial charge in [0.1, 0.15) is 0 Å². The molecule has 1 saturated heterocycles. The summed E-state index contributed by atoms with van der Waals surface area (Å²) in [6, 6.07) is 0.381. The van der Waals surface area contributed by atoms with E-state index in [1.807, 2.05) is 6.92 Å². The van der Waals surface area contributed by atoms with Crippen LogP contribution in [0.1, 0.15) is 130 Å². The van der Waals surface area contributed by atoms with Crippen LogP contribution in [0.25, 0.3) is 0 Å². The lowest BCUT2D eigenvalue weighted by atomic mass is 9.91. The van der Waals surface area contributed by atoms with Crippen LogP contribution in [0.3, 0.4) is 0 Å². The number of carbonyl (C=O) groups excluding carboxylic acids is 1. The highest BCUT2D eigenvalue weighted by molar-refractivity contribution is 5.68. The van der Waals surface area contributed by atoms with Crippen molar-refractivity contribution < 1.29 is 9.53 Å². The normalized spacial score (nSPS) is 23.2. The van der Waals surface area contributed by atoms with E-state index in [0.717, 1.165) is 31.7 Å². The van der Waals surface area contributed by atoms with E-state index in [1.165, 1.54) is 89.9 Å². The monoisotopic (exact) mass is 395 g/mol. The lowest BCUT2D eigenvalue weighted by Crippen LogP contribution is -2.41. The Morgan fingerprint density at radius 2 is 1.46 bits per heavy atom. The molecule has 0 radical (unpaired) electrons. The molecule has 0 aromatic heterocycles. The molecule has 0 bridgehead atoms. The molecule has 1 rings (SSSR count). The largest absolute Gasteiger partial charge is 0.450 e. The van der Waals surface area contributed by atoms with E-state index in [0.29, 0.717) is 12.6 Å². The molecule has 28 heavy (non-hydrogen) atoms. The number of hydrogen-bond acceptors (Lipinski definition) is 2. The van der Waals surface area contributed by atoms with Gasteiger partial charge in [0.05, 0.1) is 6.61 Å². The van der Waals surface area contributed by atoms with E-state index < -0.39 is 0 Å². The van der Waals surface area contributed by atoms with Gasteiger partial charge in [0.15, 0.2) is 0 Å². The molecule has 1 aliphatic heterocycles. The number of carbonyl (C=O) groups is 1. The zero-order valence-electron chi connectivity index (χ0n) is 19.4. The first kappa shape index (κ1) is 25.3. The third-order valence-electron chi connectivity index (χ3n) is 6.57. The van der Waals surface area contributed by atoms with Crippen molar-refractivity contribution in [2.24, 2.45) is 5.92 Å². The minimum absolute atomic E-state index is 0.0698. The third-order valence-corrected chi connectivity index (χ3v) is 6.57. The number of amides is 1. The summed E-state index contributed by atoms with van der Waals surface area (Å²) in [5.41, 5.74) is 0. The second-order valence-corrected chi connectivity index (χ2v) is 8.86. The van der Waals surface area contributed by atoms with Crippen LogP contribution in [0, 0.1) is 5.92 Å². The second-order valence-electron chi connectivity index (χ2n) is 8.86. The fourth-order valence-corrected chi connectivity index (χ4v) is 4.68. The van der Waals surface area contributed by atoms with Gasteiger partial charge in [0.25, 0.3) is 0 Å². The van der Waals surface area contributed by atoms with Gasteiger partial charge in [0, 0.05) is 12.6 Å². The smallest absolute Gasteiger partial charge is 0.409 e. The van der Waals surface area contributed by atoms with Crippen LogP contribution in [-0.2, 0) is 4.74 Å². The van der Waals surface area contributed by atoms with E-state index in [2.05, 4.69) is 18.7 Å². The van der Waals surface area contributed by atoms with Gasteiger partial charge >= 0.3 is 6.09 Å². The van der Waals surface area contributed by atoms with Crippen LogP contribution in [0.4, 0.5) is 4.79 Å². The molecule has 1 heterocycles. The standard InChI is InChI=1S/C25H49NO2/c1-4-7-8-9-15-20-24-21-16-11-10-13-18-23(5-2)19-14-12-17-22-26(24)25(27)28-6-3/h23-24H,4-22H2,1-3H3. The van der Waals surface area contributed by atoms with Crippen molar-refractivity contribution in [3.8, 4) is 0 Å². The zero-order valence-corrected chi connectivity index (χ0v) is 19.4. The van der Waals surface area contributed by atoms with Crippen molar-refractivity contribution in [1.29, 1.82) is 0 Å². The molecule has 0 saturated carbocycles. The van der Waals surface area contributed by atoms with Gasteiger partial charge in [0.2, 0.25) is 0 Å². The molecule has 0 aromatic rings. The van der Waals surface area contributed by atoms with Gasteiger partial charge < -0.3 is 9.64 Å². The molecular formula is C25H49NO2. The quantitative estimate of drug-likeness (QED) is 0.388. The van der Waals surface area contributed by atoms with Crippen molar-refractivity contribution in [2.45, 2.75) is 136 Å². The summed E-state index contributed by atoms with van der Waals surface area (Å²) in [6.07, 6.45) is 21.9. The predicted octanol–water partition coefficient (Wildman–Crippen LogP) is 8.11. The molecule has 3 heteroatoms. The van der Waals surface area contributed by atoms with Crippen molar-refractivity contribution in [1.82, 2.24) is 4.90 Å². The van der Waals surface area contributed by atoms with Crippen molar-refractivity contribution >= 4 is 6.09 Å². The minimum atomic E-state index is -0.0698. The maximum Gasteiger partial charge on any atom is 0.409 e. The van der Waals surface area contributed by atoms with E-state index in [4.69, 9.17) is 4.74 Å². The molecule has 1 fully saturated rings. The van der Waals surface area contributed by atoms with Crippen LogP contribution in [0.15, 0.2) is 0 Å². The molecular weight excluding hydrogens is 346 g/mol. The van der Waals surface area contributed by atoms with Crippen molar-refractivity contribution in [3.63, 3.8) is 0 Å². The summed E-state index contributed by atoms with van der Waals surface area (Å²) >= 11 is 0. The Kier molecular flexibility index (Phi) is 15.5. The third kappa shape index (κ3) is 11.3. The summed E-state index contributed by atoms with van der Waals surface area (Å²) < 4.78 is 5.45. The number of unbranched alkanes of at least 4 members (excludes halogenated alkanes) is 4. The second kappa shape index (κ2) is 17.2. The molecule has 3 nitrogen and oxygen atoms in total. The Balaban J connectivity index is 2.65. The average Bonchev–Trinajstić information content (AvgIpc) is 2.70. The first-order valence-electron chi connectivity index (χ1n) is 12.7. The van der Waals surface area contributed by atoms with Crippen LogP contribution in [0.5, 0.6) is 0 Å². The number of hydrogen-bond donors (Lipinski definition) is 0. The summed E-state index contributed by atoms with van der Waals surface area (Å²) in [4.78, 5) is 14.8. The van der Waals surface area contributed by atoms with Gasteiger partial charge in [-0.2, -0.15) is 0 Å². The molecule has 0 aliphatic carbocycles. The zero-order chi connectivity index (χ0) is 20.5. The average molecular weight is 396 g/mol. The number of ether oxygens (including phenoxy) is 1. The van der Waals surface area contributed by atoms with Crippen molar-refractivity contribution in [3.05, 3.63) is 0 Å². The maximum atomic E-state index is 12.7. The maximum absolute atomic E-state index is 12.7. The van der Waals surface area contributed by atoms with Crippen LogP contribution in [-0.4, -0.2) is 30.2 Å². The van der Waals surface area contributed by atoms with E-state index >= 15 is 0 Å². The molecule has 1 amide bonds. The Morgan fingerprint density at radius 1 is 0.821 bits per heavy atom. The lowest BCUT2D eigenvalue weighted by molar-refractivity contribution is 0.0832. The predicted molar refractivity (Wildman–Crippen MR) is 121 cm³/mol. The van der Waals surface area contributed by atoms with Gasteiger partial charge in [-0.1, -0.05) is 104 Å². The van der Waals surface area contributed by atoms with Gasteiger partial charge in [-0.05, 0) is 32.1 Å². The topological polar surface area (TPSA) is 29.5 Å². The van der Waals surface area contributed by atoms with E-state index in [1.54, 1.807) is 0 Å². The Labute approximate surface area is 176 Å². The van der Waals surface area contributed by atoms with Gasteiger partial charge in [-0.25, -0.2) is 4.79 Å². The van der Waals surface area contributed by atoms with Crippen molar-refractivity contribution in [2.75, 3.05) is 13.2 Å². The lowest BCUT2D eigenvalue weighted by Gasteiger charge is -2.32. The molecule has 2 unspecified atom stereocenters. The molecule has 1 aliphatic rings. The first-order valence-corrected chi connectivity index (χ1v) is 12.7. The molecule has 166 valence electrons. The SMILES string of the molecule is CCCCCCCC1CCCCCCC(CC)CCCCCN1C(=O)OCC. The van der Waals surface area contributed by atoms with E-state index in [9.17, 15) is 4.79 Å². The highest BCUT2D eigenvalue weighted by Gasteiger charge is 2.24. The first-order chi connectivity index (χ1) is 13.7. The van der Waals surface area contributed by atoms with E-state index in [-0.39, 0.29) is 6.09 Å². The molecule has 0 N–H and O–H groups in total. The molecule has 0 spiro atoms. The summed E-state index contributed by atoms with van der Waals surface area (Å²) in [5, 5.41) is 0. The fourth-order valence-electron chi connectivity index (χ4n) is 4.68. The molecule has 2 atom stereocenters. The Hall–Kier alpha value is -0.730. The van der Waals surface area contributed by atoms with Gasteiger partial charge in [-0.15, -0.1) is 0 Å². The van der Waals surface area contributed by atoms with Crippen LogP contribution in [0.2, 0.25) is 0 Å². The van der Waals surface area contributed by atoms with Crippen LogP contribution < -0.4 is 0 Å². The Bertz CT molecular complexity index is 372.